The molecule has 2 aromatic heterocycles. The van der Waals surface area contributed by atoms with E-state index in [0.29, 0.717) is 37.0 Å². The lowest BCUT2D eigenvalue weighted by Crippen LogP contribution is -2.29. The second-order valence-electron chi connectivity index (χ2n) is 12.4. The molecule has 0 atom stereocenters. The molecule has 9 nitrogen and oxygen atoms in total. The van der Waals surface area contributed by atoms with Crippen LogP contribution in [0.15, 0.2) is 77.7 Å². The molecule has 2 aromatic carbocycles. The fourth-order valence-electron chi connectivity index (χ4n) is 5.60. The molecule has 3 heterocycles. The van der Waals surface area contributed by atoms with Gasteiger partial charge >= 0.3 is 0 Å². The summed E-state index contributed by atoms with van der Waals surface area (Å²) in [5.41, 5.74) is 5.80. The Morgan fingerprint density at radius 3 is 2.58 bits per heavy atom. The van der Waals surface area contributed by atoms with E-state index < -0.39 is 0 Å². The Hall–Kier alpha value is -4.15. The van der Waals surface area contributed by atoms with Crippen LogP contribution in [0.3, 0.4) is 0 Å². The first kappa shape index (κ1) is 35.2. The van der Waals surface area contributed by atoms with E-state index in [1.54, 1.807) is 24.3 Å². The molecule has 10 heteroatoms. The minimum atomic E-state index is -0.104. The number of carbonyl (C=O) groups is 1. The summed E-state index contributed by atoms with van der Waals surface area (Å²) in [5, 5.41) is 12.2. The molecule has 1 N–H and O–H groups in total. The third-order valence-corrected chi connectivity index (χ3v) is 9.00. The van der Waals surface area contributed by atoms with Gasteiger partial charge in [0.05, 0.1) is 29.3 Å². The maximum absolute atomic E-state index is 13.6. The third-order valence-electron chi connectivity index (χ3n) is 8.06. The van der Waals surface area contributed by atoms with E-state index in [2.05, 4.69) is 94.1 Å². The van der Waals surface area contributed by atoms with E-state index in [4.69, 9.17) is 9.47 Å². The average molecular weight is 669 g/mol. The highest BCUT2D eigenvalue weighted by Crippen LogP contribution is 2.34. The Morgan fingerprint density at radius 1 is 1.00 bits per heavy atom. The van der Waals surface area contributed by atoms with Crippen molar-refractivity contribution in [2.45, 2.75) is 70.7 Å². The van der Waals surface area contributed by atoms with E-state index in [0.717, 1.165) is 90.1 Å². The molecule has 0 fully saturated rings. The van der Waals surface area contributed by atoms with Gasteiger partial charge in [-0.05, 0) is 84.3 Å². The van der Waals surface area contributed by atoms with Crippen LogP contribution in [0.2, 0.25) is 0 Å². The maximum Gasteiger partial charge on any atom is 0.251 e. The number of pyridine rings is 1. The van der Waals surface area contributed by atoms with E-state index in [1.807, 2.05) is 24.3 Å². The molecule has 1 amide bonds. The summed E-state index contributed by atoms with van der Waals surface area (Å²) in [4.78, 5) is 20.6. The van der Waals surface area contributed by atoms with Gasteiger partial charge in [-0.3, -0.25) is 4.79 Å². The van der Waals surface area contributed by atoms with Crippen molar-refractivity contribution in [1.82, 2.24) is 19.7 Å². The highest BCUT2D eigenvalue weighted by molar-refractivity contribution is 7.98. The summed E-state index contributed by atoms with van der Waals surface area (Å²) in [6.45, 7) is 13.2. The molecule has 4 aromatic rings. The SMILES string of the molecule is CCCCOCCOc1ccc(-c2ccc3c(c2)C=C(C(=O)Nc2ccc(SCc4nncn4CCC)nc2)CCN3CC(C)C)cc1. The number of ether oxygens (including phenoxy) is 2. The normalized spacial score (nSPS) is 12.9. The average Bonchev–Trinajstić information content (AvgIpc) is 3.46. The first-order valence-corrected chi connectivity index (χ1v) is 18.1. The standard InChI is InChI=1S/C38H48N6O3S/c1-5-7-19-46-20-21-47-34-12-8-29(9-13-34)30-10-14-35-32(22-30)23-31(16-18-43(35)25-28(3)4)38(45)41-33-11-15-37(39-24-33)48-26-36-42-40-27-44(36)17-6-2/h8-15,22-24,27-28H,5-7,16-21,25-26H2,1-4H3,(H,41,45). The highest BCUT2D eigenvalue weighted by atomic mass is 32.2. The predicted molar refractivity (Wildman–Crippen MR) is 195 cm³/mol. The van der Waals surface area contributed by atoms with Gasteiger partial charge < -0.3 is 24.3 Å². The Labute approximate surface area is 289 Å². The van der Waals surface area contributed by atoms with Crippen molar-refractivity contribution >= 4 is 35.1 Å². The molecular weight excluding hydrogens is 621 g/mol. The zero-order chi connectivity index (χ0) is 33.7. The van der Waals surface area contributed by atoms with Crippen LogP contribution in [0.25, 0.3) is 17.2 Å². The number of benzene rings is 2. The summed E-state index contributed by atoms with van der Waals surface area (Å²) in [6, 6.07) is 18.6. The van der Waals surface area contributed by atoms with Crippen molar-refractivity contribution in [2.75, 3.05) is 43.1 Å². The fraction of sp³-hybridized carbons (Fsp3) is 0.421. The van der Waals surface area contributed by atoms with E-state index in [-0.39, 0.29) is 5.91 Å². The summed E-state index contributed by atoms with van der Waals surface area (Å²) in [6.07, 6.45) is 9.42. The molecule has 0 unspecified atom stereocenters. The Kier molecular flexibility index (Phi) is 13.1. The van der Waals surface area contributed by atoms with Crippen LogP contribution in [0.1, 0.15) is 64.8 Å². The fourth-order valence-corrected chi connectivity index (χ4v) is 6.39. The third kappa shape index (κ3) is 9.93. The Bertz CT molecular complexity index is 1640. The van der Waals surface area contributed by atoms with Gasteiger partial charge in [-0.25, -0.2) is 4.98 Å². The molecule has 0 saturated heterocycles. The van der Waals surface area contributed by atoms with Crippen LogP contribution in [0, 0.1) is 5.92 Å². The Morgan fingerprint density at radius 2 is 1.83 bits per heavy atom. The van der Waals surface area contributed by atoms with Crippen molar-refractivity contribution in [1.29, 1.82) is 0 Å². The summed E-state index contributed by atoms with van der Waals surface area (Å²) in [5.74, 6) is 2.83. The van der Waals surface area contributed by atoms with Gasteiger partial charge in [0.15, 0.2) is 0 Å². The quantitative estimate of drug-likeness (QED) is 0.0891. The van der Waals surface area contributed by atoms with Crippen LogP contribution in [0.4, 0.5) is 11.4 Å². The van der Waals surface area contributed by atoms with Crippen LogP contribution >= 0.6 is 11.8 Å². The van der Waals surface area contributed by atoms with Crippen molar-refractivity contribution in [2.24, 2.45) is 5.92 Å². The van der Waals surface area contributed by atoms with Crippen molar-refractivity contribution in [3.8, 4) is 16.9 Å². The molecule has 0 radical (unpaired) electrons. The number of unbranched alkanes of at least 4 members (excludes halogenated alkanes) is 1. The lowest BCUT2D eigenvalue weighted by Gasteiger charge is -2.27. The molecule has 0 spiro atoms. The number of carbonyl (C=O) groups excluding carboxylic acids is 1. The Balaban J connectivity index is 1.26. The number of rotatable bonds is 17. The number of amides is 1. The minimum Gasteiger partial charge on any atom is -0.491 e. The molecule has 48 heavy (non-hydrogen) atoms. The number of nitrogens with zero attached hydrogens (tertiary/aromatic N) is 5. The number of anilines is 2. The van der Waals surface area contributed by atoms with Gasteiger partial charge in [0, 0.05) is 37.5 Å². The number of aryl methyl sites for hydroxylation is 1. The zero-order valence-corrected chi connectivity index (χ0v) is 29.5. The van der Waals surface area contributed by atoms with Crippen molar-refractivity contribution in [3.05, 3.63) is 84.1 Å². The van der Waals surface area contributed by atoms with Crippen molar-refractivity contribution < 1.29 is 14.3 Å². The van der Waals surface area contributed by atoms with Crippen molar-refractivity contribution in [3.63, 3.8) is 0 Å². The van der Waals surface area contributed by atoms with Gasteiger partial charge in [0.25, 0.3) is 5.91 Å². The molecule has 5 rings (SSSR count). The van der Waals surface area contributed by atoms with E-state index in [1.165, 1.54) is 0 Å². The van der Waals surface area contributed by atoms with Gasteiger partial charge in [-0.1, -0.05) is 64.1 Å². The summed E-state index contributed by atoms with van der Waals surface area (Å²) < 4.78 is 13.6. The first-order chi connectivity index (χ1) is 23.4. The zero-order valence-electron chi connectivity index (χ0n) is 28.7. The molecular formula is C38H48N6O3S. The van der Waals surface area contributed by atoms with Gasteiger partial charge in [0.2, 0.25) is 0 Å². The molecule has 0 saturated carbocycles. The molecule has 0 bridgehead atoms. The number of hydrogen-bond donors (Lipinski definition) is 1. The second kappa shape index (κ2) is 17.8. The predicted octanol–water partition coefficient (Wildman–Crippen LogP) is 8.13. The summed E-state index contributed by atoms with van der Waals surface area (Å²) >= 11 is 1.60. The largest absolute Gasteiger partial charge is 0.491 e. The lowest BCUT2D eigenvalue weighted by atomic mass is 10.00. The molecule has 1 aliphatic heterocycles. The number of nitrogens with one attached hydrogen (secondary N) is 1. The molecule has 1 aliphatic rings. The number of fused-ring (bicyclic) bond motifs is 1. The monoisotopic (exact) mass is 668 g/mol. The summed E-state index contributed by atoms with van der Waals surface area (Å²) in [7, 11) is 0. The smallest absolute Gasteiger partial charge is 0.251 e. The highest BCUT2D eigenvalue weighted by Gasteiger charge is 2.21. The lowest BCUT2D eigenvalue weighted by molar-refractivity contribution is -0.112. The van der Waals surface area contributed by atoms with E-state index in [9.17, 15) is 4.79 Å². The maximum atomic E-state index is 13.6. The van der Waals surface area contributed by atoms with Crippen LogP contribution < -0.4 is 15.0 Å². The van der Waals surface area contributed by atoms with Gasteiger partial charge in [0.1, 0.15) is 24.5 Å². The number of thioether (sulfide) groups is 1. The number of aromatic nitrogens is 4. The van der Waals surface area contributed by atoms with Crippen LogP contribution in [-0.2, 0) is 21.8 Å². The minimum absolute atomic E-state index is 0.104. The first-order valence-electron chi connectivity index (χ1n) is 17.1. The van der Waals surface area contributed by atoms with E-state index >= 15 is 0 Å². The molecule has 0 aliphatic carbocycles. The second-order valence-corrected chi connectivity index (χ2v) is 13.4. The molecule has 254 valence electrons. The number of hydrogen-bond acceptors (Lipinski definition) is 8. The topological polar surface area (TPSA) is 94.4 Å². The van der Waals surface area contributed by atoms with Gasteiger partial charge in [-0.2, -0.15) is 0 Å². The van der Waals surface area contributed by atoms with Crippen LogP contribution in [0.5, 0.6) is 5.75 Å². The van der Waals surface area contributed by atoms with Gasteiger partial charge in [-0.15, -0.1) is 10.2 Å². The van der Waals surface area contributed by atoms with Crippen LogP contribution in [-0.4, -0.2) is 58.6 Å².